The Morgan fingerprint density at radius 2 is 1.85 bits per heavy atom. The lowest BCUT2D eigenvalue weighted by Crippen LogP contribution is -2.72. The van der Waals surface area contributed by atoms with Crippen molar-refractivity contribution in [3.8, 4) is 0 Å². The first kappa shape index (κ1) is 13.6. The molecule has 4 aliphatic rings. The highest BCUT2D eigenvalue weighted by Crippen LogP contribution is 2.66. The Morgan fingerprint density at radius 1 is 1.25 bits per heavy atom. The van der Waals surface area contributed by atoms with E-state index < -0.39 is 5.60 Å². The van der Waals surface area contributed by atoms with Gasteiger partial charge >= 0.3 is 0 Å². The van der Waals surface area contributed by atoms with Crippen molar-refractivity contribution in [2.75, 3.05) is 0 Å². The molecular weight excluding hydrogens is 256 g/mol. The second kappa shape index (κ2) is 3.85. The number of hydrogen-bond acceptors (Lipinski definition) is 5. The summed E-state index contributed by atoms with van der Waals surface area (Å²) >= 11 is 0. The summed E-state index contributed by atoms with van der Waals surface area (Å²) < 4.78 is 0. The molecule has 4 aliphatic carbocycles. The molecule has 0 aliphatic heterocycles. The fourth-order valence-electron chi connectivity index (χ4n) is 5.27. The van der Waals surface area contributed by atoms with Gasteiger partial charge in [-0.3, -0.25) is 0 Å². The summed E-state index contributed by atoms with van der Waals surface area (Å²) in [6.07, 6.45) is 1.36. The third kappa shape index (κ3) is 1.23. The molecule has 20 heavy (non-hydrogen) atoms. The van der Waals surface area contributed by atoms with Crippen molar-refractivity contribution in [2.45, 2.75) is 39.2 Å². The summed E-state index contributed by atoms with van der Waals surface area (Å²) in [6, 6.07) is 0. The average molecular weight is 278 g/mol. The minimum Gasteiger partial charge on any atom is -0.411 e. The van der Waals surface area contributed by atoms with Gasteiger partial charge in [0.25, 0.3) is 0 Å². The van der Waals surface area contributed by atoms with E-state index >= 15 is 0 Å². The van der Waals surface area contributed by atoms with Gasteiger partial charge < -0.3 is 15.5 Å². The fraction of sp³-hybridized carbons (Fsp3) is 0.733. The van der Waals surface area contributed by atoms with Crippen LogP contribution < -0.4 is 0 Å². The smallest absolute Gasteiger partial charge is 0.0797 e. The van der Waals surface area contributed by atoms with Crippen molar-refractivity contribution in [2.24, 2.45) is 39.4 Å². The van der Waals surface area contributed by atoms with Crippen LogP contribution in [-0.2, 0) is 0 Å². The van der Waals surface area contributed by atoms with E-state index in [1.54, 1.807) is 0 Å². The lowest BCUT2D eigenvalue weighted by Gasteiger charge is -2.66. The van der Waals surface area contributed by atoms with Gasteiger partial charge in [-0.25, -0.2) is 0 Å². The molecule has 4 rings (SSSR count). The highest BCUT2D eigenvalue weighted by Gasteiger charge is 2.70. The van der Waals surface area contributed by atoms with Crippen molar-refractivity contribution in [3.05, 3.63) is 12.2 Å². The van der Waals surface area contributed by atoms with Crippen LogP contribution in [0.25, 0.3) is 0 Å². The van der Waals surface area contributed by atoms with Gasteiger partial charge in [0.1, 0.15) is 0 Å². The van der Waals surface area contributed by atoms with Gasteiger partial charge in [-0.05, 0) is 32.6 Å². The van der Waals surface area contributed by atoms with Gasteiger partial charge in [0.05, 0.1) is 17.0 Å². The predicted molar refractivity (Wildman–Crippen MR) is 75.2 cm³/mol. The minimum absolute atomic E-state index is 0.0887. The summed E-state index contributed by atoms with van der Waals surface area (Å²) in [5, 5.41) is 36.9. The Bertz CT molecular complexity index is 537. The van der Waals surface area contributed by atoms with Crippen LogP contribution in [-0.4, -0.2) is 32.5 Å². The highest BCUT2D eigenvalue weighted by molar-refractivity contribution is 6.13. The van der Waals surface area contributed by atoms with Gasteiger partial charge in [-0.2, -0.15) is 0 Å². The molecule has 0 heterocycles. The molecule has 0 aromatic heterocycles. The summed E-state index contributed by atoms with van der Waals surface area (Å²) in [6.45, 7) is 9.93. The first-order chi connectivity index (χ1) is 9.31. The summed E-state index contributed by atoms with van der Waals surface area (Å²) in [7, 11) is 0. The average Bonchev–Trinajstić information content (AvgIpc) is 2.39. The molecular formula is C15H22N2O3. The van der Waals surface area contributed by atoms with Crippen LogP contribution in [0.2, 0.25) is 0 Å². The first-order valence-electron chi connectivity index (χ1n) is 7.14. The summed E-state index contributed by atoms with van der Waals surface area (Å²) in [5.74, 6) is -0.189. The van der Waals surface area contributed by atoms with E-state index in [1.807, 2.05) is 20.8 Å². The molecule has 0 radical (unpaired) electrons. The molecule has 6 unspecified atom stereocenters. The second-order valence-corrected chi connectivity index (χ2v) is 6.96. The molecule has 0 amide bonds. The molecule has 3 N–H and O–H groups in total. The number of aliphatic hydroxyl groups is 1. The van der Waals surface area contributed by atoms with Crippen molar-refractivity contribution >= 4 is 11.4 Å². The standard InChI is InChI=1S/C15H22N2O3/c1-7(2)15-5-9-8(3)11(14(15,4)18)13(17-20)10(6-15)12(9)16-19/h8-11,18-20H,1,5-6H2,2-4H3. The number of hydrogen-bond donors (Lipinski definition) is 3. The zero-order valence-corrected chi connectivity index (χ0v) is 12.2. The quantitative estimate of drug-likeness (QED) is 0.391. The third-order valence-electron chi connectivity index (χ3n) is 6.32. The molecule has 0 saturated heterocycles. The van der Waals surface area contributed by atoms with Crippen molar-refractivity contribution in [3.63, 3.8) is 0 Å². The Labute approximate surface area is 118 Å². The van der Waals surface area contributed by atoms with Crippen LogP contribution in [0.3, 0.4) is 0 Å². The normalized spacial score (nSPS) is 53.8. The Balaban J connectivity index is 2.24. The van der Waals surface area contributed by atoms with Crippen molar-refractivity contribution in [1.82, 2.24) is 0 Å². The molecule has 6 atom stereocenters. The largest absolute Gasteiger partial charge is 0.411 e. The van der Waals surface area contributed by atoms with Crippen LogP contribution >= 0.6 is 0 Å². The van der Waals surface area contributed by atoms with E-state index in [0.29, 0.717) is 17.8 Å². The molecule has 5 heteroatoms. The van der Waals surface area contributed by atoms with Crippen LogP contribution in [0.5, 0.6) is 0 Å². The lowest BCUT2D eigenvalue weighted by molar-refractivity contribution is -0.154. The number of oxime groups is 2. The molecule has 0 spiro atoms. The molecule has 4 fully saturated rings. The van der Waals surface area contributed by atoms with Crippen LogP contribution in [0.1, 0.15) is 33.6 Å². The van der Waals surface area contributed by atoms with E-state index in [0.717, 1.165) is 12.0 Å². The topological polar surface area (TPSA) is 85.4 Å². The Hall–Kier alpha value is -1.36. The summed E-state index contributed by atoms with van der Waals surface area (Å²) in [4.78, 5) is 0. The van der Waals surface area contributed by atoms with Crippen LogP contribution in [0.15, 0.2) is 22.5 Å². The molecule has 5 nitrogen and oxygen atoms in total. The predicted octanol–water partition coefficient (Wildman–Crippen LogP) is 2.27. The Kier molecular flexibility index (Phi) is 2.62. The number of rotatable bonds is 1. The molecule has 4 bridgehead atoms. The molecule has 4 saturated carbocycles. The van der Waals surface area contributed by atoms with Crippen molar-refractivity contribution < 1.29 is 15.5 Å². The minimum atomic E-state index is -0.978. The highest BCUT2D eigenvalue weighted by atomic mass is 16.4. The SMILES string of the molecule is C=C(C)C12CC3C(=NO)C(C1)C(C)C(C3=NO)C2(C)O. The molecule has 110 valence electrons. The van der Waals surface area contributed by atoms with Gasteiger partial charge in [-0.1, -0.05) is 29.4 Å². The third-order valence-corrected chi connectivity index (χ3v) is 6.32. The van der Waals surface area contributed by atoms with Gasteiger partial charge in [-0.15, -0.1) is 0 Å². The maximum Gasteiger partial charge on any atom is 0.0797 e. The van der Waals surface area contributed by atoms with E-state index in [1.165, 1.54) is 0 Å². The second-order valence-electron chi connectivity index (χ2n) is 6.96. The van der Waals surface area contributed by atoms with E-state index in [-0.39, 0.29) is 29.1 Å². The van der Waals surface area contributed by atoms with Crippen LogP contribution in [0, 0.1) is 29.1 Å². The van der Waals surface area contributed by atoms with Crippen molar-refractivity contribution in [1.29, 1.82) is 0 Å². The first-order valence-corrected chi connectivity index (χ1v) is 7.14. The van der Waals surface area contributed by atoms with Gasteiger partial charge in [0.2, 0.25) is 0 Å². The Morgan fingerprint density at radius 3 is 2.35 bits per heavy atom. The summed E-state index contributed by atoms with van der Waals surface area (Å²) in [5.41, 5.74) is 0.857. The zero-order valence-electron chi connectivity index (χ0n) is 12.2. The van der Waals surface area contributed by atoms with Gasteiger partial charge in [0, 0.05) is 23.2 Å². The molecule has 0 aromatic carbocycles. The van der Waals surface area contributed by atoms with E-state index in [4.69, 9.17) is 0 Å². The van der Waals surface area contributed by atoms with Gasteiger partial charge in [0.15, 0.2) is 0 Å². The maximum atomic E-state index is 11.2. The van der Waals surface area contributed by atoms with E-state index in [9.17, 15) is 15.5 Å². The van der Waals surface area contributed by atoms with Crippen LogP contribution in [0.4, 0.5) is 0 Å². The monoisotopic (exact) mass is 278 g/mol. The lowest BCUT2D eigenvalue weighted by atomic mass is 9.38. The maximum absolute atomic E-state index is 11.2. The number of nitrogens with zero attached hydrogens (tertiary/aromatic N) is 2. The fourth-order valence-corrected chi connectivity index (χ4v) is 5.27. The zero-order chi connectivity index (χ0) is 14.9. The van der Waals surface area contributed by atoms with E-state index in [2.05, 4.69) is 16.9 Å². The molecule has 0 aromatic rings.